The quantitative estimate of drug-likeness (QED) is 0.860. The predicted molar refractivity (Wildman–Crippen MR) is 73.2 cm³/mol. The third kappa shape index (κ3) is 3.55. The van der Waals surface area contributed by atoms with Crippen molar-refractivity contribution in [2.45, 2.75) is 27.2 Å². The van der Waals surface area contributed by atoms with Crippen LogP contribution in [-0.2, 0) is 9.53 Å². The van der Waals surface area contributed by atoms with Crippen molar-refractivity contribution in [2.75, 3.05) is 12.4 Å². The predicted octanol–water partition coefficient (Wildman–Crippen LogP) is 2.70. The van der Waals surface area contributed by atoms with Crippen molar-refractivity contribution in [1.82, 2.24) is 0 Å². The standard InChI is InChI=1S/C13H16N2O3S/c1-7(2)5-10(16)15-12-9(6-14)8(3)11(19-12)13(17)18-4/h7H,5H2,1-4H3,(H,15,16). The van der Waals surface area contributed by atoms with Gasteiger partial charge in [0.15, 0.2) is 0 Å². The summed E-state index contributed by atoms with van der Waals surface area (Å²) in [5.41, 5.74) is 0.863. The van der Waals surface area contributed by atoms with Crippen molar-refractivity contribution in [1.29, 1.82) is 5.26 Å². The number of ether oxygens (including phenoxy) is 1. The first-order chi connectivity index (χ1) is 8.90. The van der Waals surface area contributed by atoms with Crippen LogP contribution in [0.1, 0.15) is 41.1 Å². The number of carbonyl (C=O) groups excluding carboxylic acids is 2. The van der Waals surface area contributed by atoms with Gasteiger partial charge in [0.05, 0.1) is 12.7 Å². The van der Waals surface area contributed by atoms with E-state index >= 15 is 0 Å². The van der Waals surface area contributed by atoms with Crippen LogP contribution in [0.2, 0.25) is 0 Å². The molecule has 6 heteroatoms. The highest BCUT2D eigenvalue weighted by atomic mass is 32.1. The van der Waals surface area contributed by atoms with Gasteiger partial charge in [-0.05, 0) is 18.4 Å². The summed E-state index contributed by atoms with van der Waals surface area (Å²) in [6.07, 6.45) is 0.370. The maximum atomic E-state index is 11.7. The van der Waals surface area contributed by atoms with Crippen molar-refractivity contribution in [3.05, 3.63) is 16.0 Å². The van der Waals surface area contributed by atoms with E-state index in [1.54, 1.807) is 6.92 Å². The van der Waals surface area contributed by atoms with Gasteiger partial charge in [-0.15, -0.1) is 11.3 Å². The molecule has 0 unspecified atom stereocenters. The Kier molecular flexibility index (Phi) is 5.07. The van der Waals surface area contributed by atoms with Crippen molar-refractivity contribution in [3.8, 4) is 6.07 Å². The van der Waals surface area contributed by atoms with Crippen LogP contribution in [0.25, 0.3) is 0 Å². The van der Waals surface area contributed by atoms with Gasteiger partial charge in [0.25, 0.3) is 0 Å². The Labute approximate surface area is 116 Å². The lowest BCUT2D eigenvalue weighted by atomic mass is 10.1. The van der Waals surface area contributed by atoms with Crippen LogP contribution in [-0.4, -0.2) is 19.0 Å². The molecule has 0 saturated heterocycles. The number of rotatable bonds is 4. The van der Waals surface area contributed by atoms with Gasteiger partial charge in [0, 0.05) is 6.42 Å². The van der Waals surface area contributed by atoms with Crippen LogP contribution < -0.4 is 5.32 Å². The molecule has 1 rings (SSSR count). The molecule has 0 aliphatic heterocycles. The zero-order valence-corrected chi connectivity index (χ0v) is 12.2. The summed E-state index contributed by atoms with van der Waals surface area (Å²) in [4.78, 5) is 23.6. The number of nitrogens with one attached hydrogen (secondary N) is 1. The molecular weight excluding hydrogens is 264 g/mol. The molecule has 1 aromatic heterocycles. The van der Waals surface area contributed by atoms with Crippen LogP contribution in [0.3, 0.4) is 0 Å². The molecule has 0 aliphatic carbocycles. The molecule has 1 aromatic rings. The van der Waals surface area contributed by atoms with E-state index < -0.39 is 5.97 Å². The minimum Gasteiger partial charge on any atom is -0.465 e. The number of methoxy groups -OCH3 is 1. The zero-order chi connectivity index (χ0) is 14.6. The first-order valence-electron chi connectivity index (χ1n) is 5.82. The Hall–Kier alpha value is -1.87. The molecule has 0 radical (unpaired) electrons. The maximum absolute atomic E-state index is 11.7. The fourth-order valence-electron chi connectivity index (χ4n) is 1.57. The molecule has 0 bridgehead atoms. The number of thiophene rings is 1. The maximum Gasteiger partial charge on any atom is 0.348 e. The zero-order valence-electron chi connectivity index (χ0n) is 11.4. The summed E-state index contributed by atoms with van der Waals surface area (Å²) < 4.78 is 4.65. The van der Waals surface area contributed by atoms with Crippen LogP contribution in [0.5, 0.6) is 0 Å². The number of anilines is 1. The smallest absolute Gasteiger partial charge is 0.348 e. The van der Waals surface area contributed by atoms with E-state index in [0.29, 0.717) is 27.4 Å². The largest absolute Gasteiger partial charge is 0.465 e. The highest BCUT2D eigenvalue weighted by Gasteiger charge is 2.21. The first kappa shape index (κ1) is 15.2. The lowest BCUT2D eigenvalue weighted by Gasteiger charge is -2.05. The molecule has 0 atom stereocenters. The van der Waals surface area contributed by atoms with E-state index in [-0.39, 0.29) is 11.8 Å². The summed E-state index contributed by atoms with van der Waals surface area (Å²) in [5, 5.41) is 12.2. The summed E-state index contributed by atoms with van der Waals surface area (Å²) in [6.45, 7) is 5.54. The normalized spacial score (nSPS) is 10.1. The minimum absolute atomic E-state index is 0.163. The fourth-order valence-corrected chi connectivity index (χ4v) is 2.66. The van der Waals surface area contributed by atoms with E-state index in [4.69, 9.17) is 5.26 Å². The van der Waals surface area contributed by atoms with Gasteiger partial charge >= 0.3 is 5.97 Å². The van der Waals surface area contributed by atoms with Crippen molar-refractivity contribution in [2.24, 2.45) is 5.92 Å². The van der Waals surface area contributed by atoms with E-state index in [1.165, 1.54) is 7.11 Å². The Morgan fingerprint density at radius 3 is 2.58 bits per heavy atom. The topological polar surface area (TPSA) is 79.2 Å². The number of carbonyl (C=O) groups is 2. The van der Waals surface area contributed by atoms with Crippen molar-refractivity contribution >= 4 is 28.2 Å². The van der Waals surface area contributed by atoms with Gasteiger partial charge in [0.1, 0.15) is 15.9 Å². The molecule has 19 heavy (non-hydrogen) atoms. The number of esters is 1. The van der Waals surface area contributed by atoms with E-state index in [2.05, 4.69) is 10.1 Å². The number of hydrogen-bond donors (Lipinski definition) is 1. The van der Waals surface area contributed by atoms with E-state index in [0.717, 1.165) is 11.3 Å². The molecule has 0 aromatic carbocycles. The lowest BCUT2D eigenvalue weighted by molar-refractivity contribution is -0.116. The summed E-state index contributed by atoms with van der Waals surface area (Å²) >= 11 is 1.07. The number of amides is 1. The fraction of sp³-hybridized carbons (Fsp3) is 0.462. The van der Waals surface area contributed by atoms with Crippen LogP contribution in [0.4, 0.5) is 5.00 Å². The number of hydrogen-bond acceptors (Lipinski definition) is 5. The van der Waals surface area contributed by atoms with Gasteiger partial charge in [-0.2, -0.15) is 5.26 Å². The molecule has 5 nitrogen and oxygen atoms in total. The second-order valence-electron chi connectivity index (χ2n) is 4.51. The minimum atomic E-state index is -0.497. The van der Waals surface area contributed by atoms with Gasteiger partial charge in [-0.25, -0.2) is 4.79 Å². The molecular formula is C13H16N2O3S. The Morgan fingerprint density at radius 1 is 1.47 bits per heavy atom. The molecule has 0 aliphatic rings. The Bertz CT molecular complexity index is 541. The average Bonchev–Trinajstić information content (AvgIpc) is 2.63. The molecule has 0 saturated carbocycles. The van der Waals surface area contributed by atoms with Crippen LogP contribution in [0.15, 0.2) is 0 Å². The van der Waals surface area contributed by atoms with Gasteiger partial charge in [-0.1, -0.05) is 13.8 Å². The molecule has 102 valence electrons. The van der Waals surface area contributed by atoms with E-state index in [9.17, 15) is 9.59 Å². The van der Waals surface area contributed by atoms with Gasteiger partial charge in [-0.3, -0.25) is 4.79 Å². The number of nitrogens with zero attached hydrogens (tertiary/aromatic N) is 1. The number of nitriles is 1. The van der Waals surface area contributed by atoms with Crippen molar-refractivity contribution in [3.63, 3.8) is 0 Å². The van der Waals surface area contributed by atoms with Crippen molar-refractivity contribution < 1.29 is 14.3 Å². The summed E-state index contributed by atoms with van der Waals surface area (Å²) in [7, 11) is 1.28. The van der Waals surface area contributed by atoms with Crippen LogP contribution >= 0.6 is 11.3 Å². The lowest BCUT2D eigenvalue weighted by Crippen LogP contribution is -2.13. The highest BCUT2D eigenvalue weighted by molar-refractivity contribution is 7.18. The molecule has 1 N–H and O–H groups in total. The van der Waals surface area contributed by atoms with Gasteiger partial charge < -0.3 is 10.1 Å². The second kappa shape index (κ2) is 6.34. The van der Waals surface area contributed by atoms with Crippen LogP contribution in [0, 0.1) is 24.2 Å². The Morgan fingerprint density at radius 2 is 2.11 bits per heavy atom. The average molecular weight is 280 g/mol. The SMILES string of the molecule is COC(=O)c1sc(NC(=O)CC(C)C)c(C#N)c1C. The Balaban J connectivity index is 3.05. The van der Waals surface area contributed by atoms with E-state index in [1.807, 2.05) is 19.9 Å². The second-order valence-corrected chi connectivity index (χ2v) is 5.53. The van der Waals surface area contributed by atoms with Gasteiger partial charge in [0.2, 0.25) is 5.91 Å². The summed E-state index contributed by atoms with van der Waals surface area (Å²) in [5.74, 6) is -0.431. The molecule has 1 amide bonds. The third-order valence-corrected chi connectivity index (χ3v) is 3.66. The molecule has 1 heterocycles. The molecule has 0 spiro atoms. The summed E-state index contributed by atoms with van der Waals surface area (Å²) in [6, 6.07) is 2.01. The molecule has 0 fully saturated rings. The first-order valence-corrected chi connectivity index (χ1v) is 6.64. The highest BCUT2D eigenvalue weighted by Crippen LogP contribution is 2.33. The monoisotopic (exact) mass is 280 g/mol. The third-order valence-electron chi connectivity index (χ3n) is 2.48.